The van der Waals surface area contributed by atoms with Crippen LogP contribution in [0.3, 0.4) is 0 Å². The first-order valence-electron chi connectivity index (χ1n) is 6.72. The zero-order valence-corrected chi connectivity index (χ0v) is 12.0. The first kappa shape index (κ1) is 15.0. The lowest BCUT2D eigenvalue weighted by atomic mass is 10.0. The Morgan fingerprint density at radius 1 is 1.14 bits per heavy atom. The number of carboxylic acid groups (broad SMARTS) is 1. The number of nitrogens with two attached hydrogens (primary N) is 1. The topological polar surface area (TPSA) is 92.4 Å². The third kappa shape index (κ3) is 3.20. The molecule has 0 unspecified atom stereocenters. The zero-order valence-electron chi connectivity index (χ0n) is 12.0. The Labute approximate surface area is 122 Å². The molecule has 110 valence electrons. The molecule has 0 aliphatic rings. The first-order valence-corrected chi connectivity index (χ1v) is 6.72. The summed E-state index contributed by atoms with van der Waals surface area (Å²) < 4.78 is 0. The molecule has 0 saturated carbocycles. The Balaban J connectivity index is 2.44. The van der Waals surface area contributed by atoms with Crippen LogP contribution in [0.2, 0.25) is 0 Å². The van der Waals surface area contributed by atoms with Crippen LogP contribution in [0.5, 0.6) is 0 Å². The molecule has 0 aliphatic carbocycles. The van der Waals surface area contributed by atoms with E-state index in [1.807, 2.05) is 38.1 Å². The van der Waals surface area contributed by atoms with E-state index in [4.69, 9.17) is 5.73 Å². The summed E-state index contributed by atoms with van der Waals surface area (Å²) in [5, 5.41) is 13.6. The third-order valence-corrected chi connectivity index (χ3v) is 3.40. The minimum Gasteiger partial charge on any atom is -0.478 e. The van der Waals surface area contributed by atoms with Crippen molar-refractivity contribution in [2.75, 3.05) is 5.32 Å². The van der Waals surface area contributed by atoms with Gasteiger partial charge in [0.1, 0.15) is 0 Å². The molecular formula is C16H18N2O3. The lowest BCUT2D eigenvalue weighted by Gasteiger charge is -2.17. The maximum absolute atomic E-state index is 12.0. The monoisotopic (exact) mass is 286 g/mol. The quantitative estimate of drug-likeness (QED) is 0.805. The van der Waals surface area contributed by atoms with Gasteiger partial charge in [-0.05, 0) is 28.8 Å². The molecule has 5 heteroatoms. The Morgan fingerprint density at radius 2 is 1.71 bits per heavy atom. The zero-order chi connectivity index (χ0) is 15.6. The maximum Gasteiger partial charge on any atom is 0.337 e. The average molecular weight is 286 g/mol. The number of anilines is 1. The van der Waals surface area contributed by atoms with Gasteiger partial charge in [0, 0.05) is 0 Å². The average Bonchev–Trinajstić information content (AvgIpc) is 2.45. The third-order valence-electron chi connectivity index (χ3n) is 3.40. The summed E-state index contributed by atoms with van der Waals surface area (Å²) in [5.41, 5.74) is 6.11. The highest BCUT2D eigenvalue weighted by molar-refractivity contribution is 6.06. The molecule has 0 heterocycles. The summed E-state index contributed by atoms with van der Waals surface area (Å²) in [6.45, 7) is 3.67. The van der Waals surface area contributed by atoms with Gasteiger partial charge in [0.2, 0.25) is 5.91 Å². The summed E-state index contributed by atoms with van der Waals surface area (Å²) in [7, 11) is 0. The molecule has 1 atom stereocenters. The minimum absolute atomic E-state index is 0.0289. The van der Waals surface area contributed by atoms with Gasteiger partial charge in [0.15, 0.2) is 0 Å². The molecule has 0 spiro atoms. The number of carbonyl (C=O) groups excluding carboxylic acids is 1. The second-order valence-corrected chi connectivity index (χ2v) is 5.31. The van der Waals surface area contributed by atoms with E-state index in [-0.39, 0.29) is 23.1 Å². The summed E-state index contributed by atoms with van der Waals surface area (Å²) in [6.07, 6.45) is 0. The summed E-state index contributed by atoms with van der Waals surface area (Å²) in [4.78, 5) is 23.4. The van der Waals surface area contributed by atoms with Crippen molar-refractivity contribution >= 4 is 28.3 Å². The van der Waals surface area contributed by atoms with Gasteiger partial charge < -0.3 is 16.2 Å². The Bertz CT molecular complexity index is 695. The lowest BCUT2D eigenvalue weighted by Crippen LogP contribution is -2.40. The smallest absolute Gasteiger partial charge is 0.337 e. The van der Waals surface area contributed by atoms with Gasteiger partial charge in [-0.2, -0.15) is 0 Å². The molecule has 0 aromatic heterocycles. The fourth-order valence-electron chi connectivity index (χ4n) is 2.04. The van der Waals surface area contributed by atoms with Crippen molar-refractivity contribution < 1.29 is 14.7 Å². The number of hydrogen-bond acceptors (Lipinski definition) is 3. The lowest BCUT2D eigenvalue weighted by molar-refractivity contribution is -0.118. The highest BCUT2D eigenvalue weighted by atomic mass is 16.4. The molecule has 0 saturated heterocycles. The molecule has 0 radical (unpaired) electrons. The molecular weight excluding hydrogens is 268 g/mol. The van der Waals surface area contributed by atoms with Gasteiger partial charge in [-0.25, -0.2) is 4.79 Å². The van der Waals surface area contributed by atoms with Crippen LogP contribution in [0.15, 0.2) is 36.4 Å². The van der Waals surface area contributed by atoms with Crippen molar-refractivity contribution in [1.82, 2.24) is 0 Å². The molecule has 1 amide bonds. The number of carboxylic acids is 1. The molecule has 5 nitrogen and oxygen atoms in total. The number of hydrogen-bond donors (Lipinski definition) is 3. The van der Waals surface area contributed by atoms with Gasteiger partial charge in [0.05, 0.1) is 17.3 Å². The Kier molecular flexibility index (Phi) is 4.23. The maximum atomic E-state index is 12.0. The molecule has 4 N–H and O–H groups in total. The number of aromatic carboxylic acids is 1. The molecule has 21 heavy (non-hydrogen) atoms. The first-order chi connectivity index (χ1) is 9.90. The molecule has 0 aliphatic heterocycles. The summed E-state index contributed by atoms with van der Waals surface area (Å²) >= 11 is 0. The van der Waals surface area contributed by atoms with Crippen LogP contribution < -0.4 is 11.1 Å². The van der Waals surface area contributed by atoms with Gasteiger partial charge in [-0.15, -0.1) is 0 Å². The van der Waals surface area contributed by atoms with E-state index in [0.717, 1.165) is 10.8 Å². The molecule has 2 aromatic rings. The van der Waals surface area contributed by atoms with E-state index in [0.29, 0.717) is 0 Å². The van der Waals surface area contributed by atoms with E-state index in [9.17, 15) is 14.7 Å². The number of rotatable bonds is 4. The molecule has 2 aromatic carbocycles. The van der Waals surface area contributed by atoms with E-state index in [1.165, 1.54) is 0 Å². The van der Waals surface area contributed by atoms with Crippen LogP contribution >= 0.6 is 0 Å². The van der Waals surface area contributed by atoms with Crippen LogP contribution in [-0.4, -0.2) is 23.0 Å². The van der Waals surface area contributed by atoms with Crippen molar-refractivity contribution in [1.29, 1.82) is 0 Å². The van der Waals surface area contributed by atoms with E-state index in [2.05, 4.69) is 5.32 Å². The van der Waals surface area contributed by atoms with E-state index in [1.54, 1.807) is 12.1 Å². The number of carbonyl (C=O) groups is 2. The van der Waals surface area contributed by atoms with Crippen LogP contribution in [0.1, 0.15) is 24.2 Å². The molecule has 2 rings (SSSR count). The number of nitrogens with one attached hydrogen (secondary N) is 1. The number of amides is 1. The van der Waals surface area contributed by atoms with Crippen LogP contribution in [-0.2, 0) is 4.79 Å². The number of fused-ring (bicyclic) bond motifs is 1. The Hall–Kier alpha value is -2.40. The van der Waals surface area contributed by atoms with Crippen LogP contribution in [0.25, 0.3) is 10.8 Å². The molecule has 0 bridgehead atoms. The van der Waals surface area contributed by atoms with Crippen molar-refractivity contribution in [3.05, 3.63) is 42.0 Å². The second-order valence-electron chi connectivity index (χ2n) is 5.31. The fraction of sp³-hybridized carbons (Fsp3) is 0.250. The predicted molar refractivity (Wildman–Crippen MR) is 82.4 cm³/mol. The van der Waals surface area contributed by atoms with Crippen molar-refractivity contribution in [3.8, 4) is 0 Å². The van der Waals surface area contributed by atoms with Crippen LogP contribution in [0.4, 0.5) is 5.69 Å². The van der Waals surface area contributed by atoms with E-state index < -0.39 is 12.0 Å². The van der Waals surface area contributed by atoms with Gasteiger partial charge in [0.25, 0.3) is 0 Å². The standard InChI is InChI=1S/C16H18N2O3/c1-9(2)14(17)15(19)18-13-8-11-6-4-3-5-10(11)7-12(13)16(20)21/h3-9,14H,17H2,1-2H3,(H,18,19)(H,20,21)/t14-/m0/s1. The molecule has 0 fully saturated rings. The number of benzene rings is 2. The van der Waals surface area contributed by atoms with E-state index >= 15 is 0 Å². The van der Waals surface area contributed by atoms with Crippen molar-refractivity contribution in [2.45, 2.75) is 19.9 Å². The van der Waals surface area contributed by atoms with Crippen molar-refractivity contribution in [3.63, 3.8) is 0 Å². The highest BCUT2D eigenvalue weighted by Gasteiger charge is 2.20. The summed E-state index contributed by atoms with van der Waals surface area (Å²) in [6, 6.07) is 9.90. The van der Waals surface area contributed by atoms with Crippen molar-refractivity contribution in [2.24, 2.45) is 11.7 Å². The minimum atomic E-state index is -1.09. The fourth-order valence-corrected chi connectivity index (χ4v) is 2.04. The van der Waals surface area contributed by atoms with Crippen LogP contribution in [0, 0.1) is 5.92 Å². The van der Waals surface area contributed by atoms with Gasteiger partial charge in [-0.1, -0.05) is 38.1 Å². The van der Waals surface area contributed by atoms with Gasteiger partial charge >= 0.3 is 5.97 Å². The Morgan fingerprint density at radius 3 is 2.24 bits per heavy atom. The normalized spacial score (nSPS) is 12.4. The largest absolute Gasteiger partial charge is 0.478 e. The predicted octanol–water partition coefficient (Wildman–Crippen LogP) is 2.46. The SMILES string of the molecule is CC(C)[C@H](N)C(=O)Nc1cc2ccccc2cc1C(=O)O. The highest BCUT2D eigenvalue weighted by Crippen LogP contribution is 2.24. The van der Waals surface area contributed by atoms with Gasteiger partial charge in [-0.3, -0.25) is 4.79 Å². The summed E-state index contributed by atoms with van der Waals surface area (Å²) in [5.74, 6) is -1.50. The second kappa shape index (κ2) is 5.93.